The third-order valence-electron chi connectivity index (χ3n) is 3.25. The Labute approximate surface area is 104 Å². The van der Waals surface area contributed by atoms with E-state index in [1.807, 2.05) is 0 Å². The smallest absolute Gasteiger partial charge is 0.0482 e. The third-order valence-corrected chi connectivity index (χ3v) is 3.25. The molecule has 0 saturated heterocycles. The zero-order chi connectivity index (χ0) is 12.3. The van der Waals surface area contributed by atoms with Gasteiger partial charge < -0.3 is 9.47 Å². The SMILES string of the molecule is CCn1ccc2ccc(CCCN(C)C)cc21. The molecule has 0 atom stereocenters. The van der Waals surface area contributed by atoms with Crippen LogP contribution in [0.15, 0.2) is 30.5 Å². The van der Waals surface area contributed by atoms with Crippen molar-refractivity contribution in [3.05, 3.63) is 36.0 Å². The molecule has 0 spiro atoms. The van der Waals surface area contributed by atoms with Gasteiger partial charge in [0.15, 0.2) is 0 Å². The fourth-order valence-electron chi connectivity index (χ4n) is 2.26. The van der Waals surface area contributed by atoms with Crippen LogP contribution in [0.1, 0.15) is 18.9 Å². The average molecular weight is 230 g/mol. The highest BCUT2D eigenvalue weighted by Gasteiger charge is 2.01. The highest BCUT2D eigenvalue weighted by atomic mass is 15.0. The molecule has 0 aliphatic rings. The van der Waals surface area contributed by atoms with Crippen LogP contribution in [-0.2, 0) is 13.0 Å². The van der Waals surface area contributed by atoms with Gasteiger partial charge in [-0.2, -0.15) is 0 Å². The summed E-state index contributed by atoms with van der Waals surface area (Å²) in [6.07, 6.45) is 4.57. The van der Waals surface area contributed by atoms with Crippen LogP contribution in [0.3, 0.4) is 0 Å². The second-order valence-electron chi connectivity index (χ2n) is 4.90. The van der Waals surface area contributed by atoms with Gasteiger partial charge in [-0.1, -0.05) is 12.1 Å². The van der Waals surface area contributed by atoms with Crippen LogP contribution < -0.4 is 0 Å². The lowest BCUT2D eigenvalue weighted by Crippen LogP contribution is -2.13. The van der Waals surface area contributed by atoms with Crippen molar-refractivity contribution < 1.29 is 0 Å². The van der Waals surface area contributed by atoms with Crippen LogP contribution >= 0.6 is 0 Å². The molecule has 0 unspecified atom stereocenters. The van der Waals surface area contributed by atoms with Crippen molar-refractivity contribution in [2.24, 2.45) is 0 Å². The number of nitrogens with zero attached hydrogens (tertiary/aromatic N) is 2. The van der Waals surface area contributed by atoms with Crippen molar-refractivity contribution in [1.82, 2.24) is 9.47 Å². The molecule has 2 nitrogen and oxygen atoms in total. The van der Waals surface area contributed by atoms with Crippen molar-refractivity contribution in [3.8, 4) is 0 Å². The van der Waals surface area contributed by atoms with E-state index in [0.717, 1.165) is 13.1 Å². The van der Waals surface area contributed by atoms with Gasteiger partial charge in [-0.15, -0.1) is 0 Å². The lowest BCUT2D eigenvalue weighted by molar-refractivity contribution is 0.400. The van der Waals surface area contributed by atoms with Crippen LogP contribution in [-0.4, -0.2) is 30.1 Å². The standard InChI is InChI=1S/C15H22N2/c1-4-17-11-9-14-8-7-13(12-15(14)17)6-5-10-16(2)3/h7-9,11-12H,4-6,10H2,1-3H3. The van der Waals surface area contributed by atoms with Gasteiger partial charge in [-0.05, 0) is 63.5 Å². The summed E-state index contributed by atoms with van der Waals surface area (Å²) in [6.45, 7) is 4.40. The highest BCUT2D eigenvalue weighted by Crippen LogP contribution is 2.18. The quantitative estimate of drug-likeness (QED) is 0.766. The molecule has 17 heavy (non-hydrogen) atoms. The Hall–Kier alpha value is -1.28. The molecule has 1 aromatic heterocycles. The van der Waals surface area contributed by atoms with Gasteiger partial charge in [0.2, 0.25) is 0 Å². The van der Waals surface area contributed by atoms with E-state index in [4.69, 9.17) is 0 Å². The number of fused-ring (bicyclic) bond motifs is 1. The molecule has 1 heterocycles. The molecule has 0 bridgehead atoms. The van der Waals surface area contributed by atoms with Gasteiger partial charge in [0.1, 0.15) is 0 Å². The van der Waals surface area contributed by atoms with Crippen molar-refractivity contribution in [1.29, 1.82) is 0 Å². The molecular formula is C15H22N2. The summed E-state index contributed by atoms with van der Waals surface area (Å²) >= 11 is 0. The zero-order valence-electron chi connectivity index (χ0n) is 11.1. The lowest BCUT2D eigenvalue weighted by Gasteiger charge is -2.09. The van der Waals surface area contributed by atoms with Crippen molar-refractivity contribution in [3.63, 3.8) is 0 Å². The molecule has 0 saturated carbocycles. The average Bonchev–Trinajstić information content (AvgIpc) is 2.70. The normalized spacial score (nSPS) is 11.5. The molecule has 2 rings (SSSR count). The maximum atomic E-state index is 2.34. The number of hydrogen-bond acceptors (Lipinski definition) is 1. The zero-order valence-corrected chi connectivity index (χ0v) is 11.1. The first-order valence-electron chi connectivity index (χ1n) is 6.43. The maximum absolute atomic E-state index is 2.34. The first-order chi connectivity index (χ1) is 8.20. The monoisotopic (exact) mass is 230 g/mol. The summed E-state index contributed by atoms with van der Waals surface area (Å²) in [6, 6.07) is 9.04. The van der Waals surface area contributed by atoms with Gasteiger partial charge in [0.05, 0.1) is 0 Å². The molecule has 0 aliphatic carbocycles. The van der Waals surface area contributed by atoms with Crippen molar-refractivity contribution >= 4 is 10.9 Å². The fraction of sp³-hybridized carbons (Fsp3) is 0.467. The predicted octanol–water partition coefficient (Wildman–Crippen LogP) is 3.16. The molecular weight excluding hydrogens is 208 g/mol. The van der Waals surface area contributed by atoms with E-state index in [9.17, 15) is 0 Å². The van der Waals surface area contributed by atoms with E-state index in [1.165, 1.54) is 29.3 Å². The second-order valence-corrected chi connectivity index (χ2v) is 4.90. The van der Waals surface area contributed by atoms with E-state index < -0.39 is 0 Å². The van der Waals surface area contributed by atoms with Gasteiger partial charge in [-0.25, -0.2) is 0 Å². The topological polar surface area (TPSA) is 8.17 Å². The minimum absolute atomic E-state index is 1.05. The minimum Gasteiger partial charge on any atom is -0.348 e. The second kappa shape index (κ2) is 5.37. The Morgan fingerprint density at radius 2 is 2.00 bits per heavy atom. The number of hydrogen-bond donors (Lipinski definition) is 0. The predicted molar refractivity (Wildman–Crippen MR) is 74.5 cm³/mol. The Balaban J connectivity index is 2.13. The van der Waals surface area contributed by atoms with Crippen LogP contribution in [0.2, 0.25) is 0 Å². The summed E-state index contributed by atoms with van der Waals surface area (Å²) in [5.41, 5.74) is 2.82. The van der Waals surface area contributed by atoms with Crippen LogP contribution in [0.25, 0.3) is 10.9 Å². The molecule has 1 aromatic carbocycles. The third kappa shape index (κ3) is 2.89. The summed E-state index contributed by atoms with van der Waals surface area (Å²) in [4.78, 5) is 2.24. The number of benzene rings is 1. The van der Waals surface area contributed by atoms with Crippen LogP contribution in [0, 0.1) is 0 Å². The maximum Gasteiger partial charge on any atom is 0.0482 e. The largest absolute Gasteiger partial charge is 0.348 e. The number of rotatable bonds is 5. The summed E-state index contributed by atoms with van der Waals surface area (Å²) in [5.74, 6) is 0. The highest BCUT2D eigenvalue weighted by molar-refractivity contribution is 5.80. The first-order valence-corrected chi connectivity index (χ1v) is 6.43. The molecule has 2 aromatic rings. The van der Waals surface area contributed by atoms with Gasteiger partial charge >= 0.3 is 0 Å². The van der Waals surface area contributed by atoms with Crippen molar-refractivity contribution in [2.75, 3.05) is 20.6 Å². The molecule has 0 aliphatic heterocycles. The fourth-order valence-corrected chi connectivity index (χ4v) is 2.26. The molecule has 92 valence electrons. The Bertz CT molecular complexity index is 483. The first kappa shape index (κ1) is 12.2. The van der Waals surface area contributed by atoms with Crippen LogP contribution in [0.4, 0.5) is 0 Å². The Kier molecular flexibility index (Phi) is 3.85. The molecule has 0 amide bonds. The molecule has 0 N–H and O–H groups in total. The molecule has 2 heteroatoms. The van der Waals surface area contributed by atoms with Gasteiger partial charge in [0, 0.05) is 18.3 Å². The van der Waals surface area contributed by atoms with E-state index in [0.29, 0.717) is 0 Å². The van der Waals surface area contributed by atoms with E-state index in [2.05, 4.69) is 60.9 Å². The summed E-state index contributed by atoms with van der Waals surface area (Å²) in [5, 5.41) is 1.35. The Morgan fingerprint density at radius 1 is 1.18 bits per heavy atom. The van der Waals surface area contributed by atoms with E-state index in [-0.39, 0.29) is 0 Å². The van der Waals surface area contributed by atoms with E-state index >= 15 is 0 Å². The number of aromatic nitrogens is 1. The summed E-state index contributed by atoms with van der Waals surface area (Å²) in [7, 11) is 4.26. The summed E-state index contributed by atoms with van der Waals surface area (Å²) < 4.78 is 2.31. The molecule has 0 radical (unpaired) electrons. The van der Waals surface area contributed by atoms with E-state index in [1.54, 1.807) is 0 Å². The van der Waals surface area contributed by atoms with Crippen molar-refractivity contribution in [2.45, 2.75) is 26.3 Å². The Morgan fingerprint density at radius 3 is 2.71 bits per heavy atom. The number of aryl methyl sites for hydroxylation is 2. The minimum atomic E-state index is 1.05. The van der Waals surface area contributed by atoms with Crippen LogP contribution in [0.5, 0.6) is 0 Å². The van der Waals surface area contributed by atoms with Gasteiger partial charge in [0.25, 0.3) is 0 Å². The lowest BCUT2D eigenvalue weighted by atomic mass is 10.1. The molecule has 0 fully saturated rings. The van der Waals surface area contributed by atoms with Gasteiger partial charge in [-0.3, -0.25) is 0 Å².